The Hall–Kier alpha value is -1.05. The van der Waals surface area contributed by atoms with Crippen LogP contribution in [0.1, 0.15) is 25.7 Å². The van der Waals surface area contributed by atoms with Crippen LogP contribution in [0.3, 0.4) is 0 Å². The van der Waals surface area contributed by atoms with Gasteiger partial charge in [-0.2, -0.15) is 0 Å². The molecule has 0 atom stereocenters. The van der Waals surface area contributed by atoms with Gasteiger partial charge in [0, 0.05) is 0 Å². The van der Waals surface area contributed by atoms with Gasteiger partial charge in [-0.3, -0.25) is 0 Å². The van der Waals surface area contributed by atoms with Crippen molar-refractivity contribution in [1.82, 2.24) is 0 Å². The van der Waals surface area contributed by atoms with Crippen LogP contribution in [0.4, 0.5) is 0 Å². The highest BCUT2D eigenvalue weighted by Gasteiger charge is 2.02. The van der Waals surface area contributed by atoms with E-state index in [0.717, 1.165) is 19.3 Å². The summed E-state index contributed by atoms with van der Waals surface area (Å²) in [6, 6.07) is 0. The SMILES string of the molecule is O=C(O)C1=C/CCCC\C=C\1. The first-order valence-electron chi connectivity index (χ1n) is 3.90. The topological polar surface area (TPSA) is 37.3 Å². The van der Waals surface area contributed by atoms with Gasteiger partial charge >= 0.3 is 5.97 Å². The predicted molar refractivity (Wildman–Crippen MR) is 43.3 cm³/mol. The summed E-state index contributed by atoms with van der Waals surface area (Å²) in [5.74, 6) is -0.817. The summed E-state index contributed by atoms with van der Waals surface area (Å²) in [6.45, 7) is 0. The van der Waals surface area contributed by atoms with E-state index in [-0.39, 0.29) is 0 Å². The van der Waals surface area contributed by atoms with Crippen molar-refractivity contribution in [3.8, 4) is 0 Å². The Labute approximate surface area is 66.2 Å². The molecule has 0 fully saturated rings. The van der Waals surface area contributed by atoms with Crippen molar-refractivity contribution in [1.29, 1.82) is 0 Å². The molecule has 0 saturated heterocycles. The fourth-order valence-electron chi connectivity index (χ4n) is 1.10. The molecule has 1 rings (SSSR count). The molecule has 0 aliphatic heterocycles. The molecule has 11 heavy (non-hydrogen) atoms. The van der Waals surface area contributed by atoms with E-state index in [9.17, 15) is 4.79 Å². The number of carboxylic acid groups (broad SMARTS) is 1. The third-order valence-corrected chi connectivity index (χ3v) is 1.73. The van der Waals surface area contributed by atoms with E-state index in [2.05, 4.69) is 0 Å². The van der Waals surface area contributed by atoms with E-state index >= 15 is 0 Å². The maximum absolute atomic E-state index is 10.5. The molecular weight excluding hydrogens is 140 g/mol. The molecule has 1 aliphatic rings. The summed E-state index contributed by atoms with van der Waals surface area (Å²) in [5, 5.41) is 8.64. The molecule has 1 aliphatic carbocycles. The van der Waals surface area contributed by atoms with Crippen LogP contribution >= 0.6 is 0 Å². The van der Waals surface area contributed by atoms with Gasteiger partial charge in [-0.1, -0.05) is 18.2 Å². The van der Waals surface area contributed by atoms with E-state index in [1.54, 1.807) is 12.2 Å². The third kappa shape index (κ3) is 2.58. The largest absolute Gasteiger partial charge is 0.478 e. The highest BCUT2D eigenvalue weighted by molar-refractivity contribution is 5.89. The van der Waals surface area contributed by atoms with Gasteiger partial charge in [0.1, 0.15) is 0 Å². The van der Waals surface area contributed by atoms with Gasteiger partial charge in [-0.15, -0.1) is 0 Å². The van der Waals surface area contributed by atoms with Crippen molar-refractivity contribution in [2.24, 2.45) is 0 Å². The Morgan fingerprint density at radius 3 is 2.82 bits per heavy atom. The first-order valence-corrected chi connectivity index (χ1v) is 3.90. The normalized spacial score (nSPS) is 26.0. The van der Waals surface area contributed by atoms with Gasteiger partial charge in [0.15, 0.2) is 0 Å². The lowest BCUT2D eigenvalue weighted by molar-refractivity contribution is -0.132. The summed E-state index contributed by atoms with van der Waals surface area (Å²) in [4.78, 5) is 10.5. The lowest BCUT2D eigenvalue weighted by atomic mass is 10.1. The molecular formula is C9H12O2. The second-order valence-corrected chi connectivity index (χ2v) is 2.65. The Morgan fingerprint density at radius 2 is 2.09 bits per heavy atom. The quantitative estimate of drug-likeness (QED) is 0.625. The Kier molecular flexibility index (Phi) is 2.90. The molecule has 2 nitrogen and oxygen atoms in total. The van der Waals surface area contributed by atoms with E-state index in [4.69, 9.17) is 5.11 Å². The third-order valence-electron chi connectivity index (χ3n) is 1.73. The van der Waals surface area contributed by atoms with Crippen LogP contribution in [0.5, 0.6) is 0 Å². The average molecular weight is 152 g/mol. The van der Waals surface area contributed by atoms with E-state index < -0.39 is 5.97 Å². The fourth-order valence-corrected chi connectivity index (χ4v) is 1.10. The summed E-state index contributed by atoms with van der Waals surface area (Å²) < 4.78 is 0. The zero-order chi connectivity index (χ0) is 8.10. The lowest BCUT2D eigenvalue weighted by Gasteiger charge is -2.00. The Morgan fingerprint density at radius 1 is 1.36 bits per heavy atom. The van der Waals surface area contributed by atoms with Crippen molar-refractivity contribution in [3.63, 3.8) is 0 Å². The highest BCUT2D eigenvalue weighted by atomic mass is 16.4. The van der Waals surface area contributed by atoms with Crippen LogP contribution < -0.4 is 0 Å². The highest BCUT2D eigenvalue weighted by Crippen LogP contribution is 2.10. The van der Waals surface area contributed by atoms with Gasteiger partial charge in [0.25, 0.3) is 0 Å². The van der Waals surface area contributed by atoms with Crippen molar-refractivity contribution >= 4 is 5.97 Å². The minimum atomic E-state index is -0.817. The first kappa shape index (κ1) is 8.05. The molecule has 1 N–H and O–H groups in total. The van der Waals surface area contributed by atoms with Crippen molar-refractivity contribution in [2.75, 3.05) is 0 Å². The minimum Gasteiger partial charge on any atom is -0.478 e. The van der Waals surface area contributed by atoms with Crippen LogP contribution in [-0.4, -0.2) is 11.1 Å². The molecule has 2 heteroatoms. The maximum atomic E-state index is 10.5. The number of allylic oxidation sites excluding steroid dienone is 2. The molecule has 0 bridgehead atoms. The zero-order valence-electron chi connectivity index (χ0n) is 6.42. The second-order valence-electron chi connectivity index (χ2n) is 2.65. The molecule has 0 aromatic rings. The number of rotatable bonds is 1. The smallest absolute Gasteiger partial charge is 0.335 e. The van der Waals surface area contributed by atoms with Gasteiger partial charge in [0.2, 0.25) is 0 Å². The summed E-state index contributed by atoms with van der Waals surface area (Å²) >= 11 is 0. The lowest BCUT2D eigenvalue weighted by Crippen LogP contribution is -1.98. The molecule has 0 aromatic carbocycles. The van der Waals surface area contributed by atoms with Crippen LogP contribution in [0.2, 0.25) is 0 Å². The van der Waals surface area contributed by atoms with Crippen molar-refractivity contribution in [3.05, 3.63) is 23.8 Å². The Bertz CT molecular complexity index is 202. The predicted octanol–water partition coefficient (Wildman–Crippen LogP) is 2.13. The summed E-state index contributed by atoms with van der Waals surface area (Å²) in [7, 11) is 0. The van der Waals surface area contributed by atoms with E-state index in [0.29, 0.717) is 5.57 Å². The van der Waals surface area contributed by atoms with E-state index in [1.807, 2.05) is 6.08 Å². The summed E-state index contributed by atoms with van der Waals surface area (Å²) in [6.07, 6.45) is 9.58. The monoisotopic (exact) mass is 152 g/mol. The number of aliphatic carboxylic acids is 1. The average Bonchev–Trinajstić information content (AvgIpc) is 1.84. The number of hydrogen-bond acceptors (Lipinski definition) is 1. The van der Waals surface area contributed by atoms with Crippen LogP contribution in [0.25, 0.3) is 0 Å². The molecule has 0 radical (unpaired) electrons. The van der Waals surface area contributed by atoms with E-state index in [1.165, 1.54) is 6.42 Å². The first-order chi connectivity index (χ1) is 5.30. The van der Waals surface area contributed by atoms with Crippen LogP contribution in [0.15, 0.2) is 23.8 Å². The van der Waals surface area contributed by atoms with Gasteiger partial charge in [0.05, 0.1) is 5.57 Å². The number of carbonyl (C=O) groups is 1. The minimum absolute atomic E-state index is 0.435. The number of hydrogen-bond donors (Lipinski definition) is 1. The molecule has 0 aromatic heterocycles. The number of carboxylic acids is 1. The molecule has 0 unspecified atom stereocenters. The van der Waals surface area contributed by atoms with Crippen molar-refractivity contribution < 1.29 is 9.90 Å². The van der Waals surface area contributed by atoms with Crippen LogP contribution in [0, 0.1) is 0 Å². The van der Waals surface area contributed by atoms with Gasteiger partial charge < -0.3 is 5.11 Å². The second kappa shape index (κ2) is 3.96. The van der Waals surface area contributed by atoms with Gasteiger partial charge in [-0.05, 0) is 25.7 Å². The molecule has 0 spiro atoms. The summed E-state index contributed by atoms with van der Waals surface area (Å²) in [5.41, 5.74) is 0.435. The molecule has 0 heterocycles. The fraction of sp³-hybridized carbons (Fsp3) is 0.444. The standard InChI is InChI=1S/C9H12O2/c10-9(11)8-6-4-2-1-3-5-7-8/h4,6-7H,1-3,5H2,(H,10,11)/b6-4+,8-7+. The van der Waals surface area contributed by atoms with Crippen molar-refractivity contribution in [2.45, 2.75) is 25.7 Å². The Balaban J connectivity index is 2.66. The van der Waals surface area contributed by atoms with Gasteiger partial charge in [-0.25, -0.2) is 4.79 Å². The van der Waals surface area contributed by atoms with Crippen LogP contribution in [-0.2, 0) is 4.79 Å². The molecule has 0 saturated carbocycles. The zero-order valence-corrected chi connectivity index (χ0v) is 6.42. The molecule has 0 amide bonds. The molecule has 60 valence electrons. The maximum Gasteiger partial charge on any atom is 0.335 e.